The van der Waals surface area contributed by atoms with E-state index in [0.717, 1.165) is 0 Å². The van der Waals surface area contributed by atoms with E-state index in [9.17, 15) is 29.1 Å². The number of aliphatic hydroxyl groups excluding tert-OH is 2. The summed E-state index contributed by atoms with van der Waals surface area (Å²) in [4.78, 5) is 57.3. The zero-order valence-electron chi connectivity index (χ0n) is 14.0. The van der Waals surface area contributed by atoms with Crippen molar-refractivity contribution in [2.75, 3.05) is 13.2 Å². The average molecular weight is 377 g/mol. The number of hydrogen-bond donors (Lipinski definition) is 8. The summed E-state index contributed by atoms with van der Waals surface area (Å²) in [5, 5.41) is 33.1. The summed E-state index contributed by atoms with van der Waals surface area (Å²) < 4.78 is 0. The molecule has 0 aliphatic heterocycles. The molecule has 0 saturated heterocycles. The number of carbonyl (C=O) groups excluding carboxylic acids is 4. The van der Waals surface area contributed by atoms with Gasteiger partial charge in [-0.05, 0) is 6.92 Å². The van der Waals surface area contributed by atoms with E-state index in [4.69, 9.17) is 21.7 Å². The fourth-order valence-electron chi connectivity index (χ4n) is 1.71. The molecule has 0 radical (unpaired) electrons. The third kappa shape index (κ3) is 8.36. The molecule has 4 unspecified atom stereocenters. The van der Waals surface area contributed by atoms with Crippen LogP contribution in [0.2, 0.25) is 0 Å². The van der Waals surface area contributed by atoms with Crippen LogP contribution in [0.15, 0.2) is 0 Å². The monoisotopic (exact) mass is 377 g/mol. The van der Waals surface area contributed by atoms with E-state index in [1.807, 2.05) is 5.32 Å². The summed E-state index contributed by atoms with van der Waals surface area (Å²) in [6.07, 6.45) is -2.06. The number of nitrogens with one attached hydrogen (secondary N) is 3. The lowest BCUT2D eigenvalue weighted by molar-refractivity contribution is -0.139. The molecule has 0 rings (SSSR count). The molecule has 0 aromatic heterocycles. The van der Waals surface area contributed by atoms with E-state index < -0.39 is 73.4 Å². The first-order valence-electron chi connectivity index (χ1n) is 7.42. The molecule has 0 aliphatic rings. The summed E-state index contributed by atoms with van der Waals surface area (Å²) in [6.45, 7) is -0.295. The highest BCUT2D eigenvalue weighted by Gasteiger charge is 2.31. The van der Waals surface area contributed by atoms with E-state index in [2.05, 4.69) is 10.6 Å². The topological polar surface area (TPSA) is 234 Å². The Bertz CT molecular complexity index is 553. The number of rotatable bonds is 11. The first-order chi connectivity index (χ1) is 12.0. The Labute approximate surface area is 148 Å². The summed E-state index contributed by atoms with van der Waals surface area (Å²) in [6, 6.07) is -4.42. The van der Waals surface area contributed by atoms with Crippen LogP contribution in [-0.2, 0) is 24.0 Å². The molecule has 0 heterocycles. The van der Waals surface area contributed by atoms with Gasteiger partial charge in [-0.3, -0.25) is 24.0 Å². The van der Waals surface area contributed by atoms with Crippen molar-refractivity contribution in [2.45, 2.75) is 37.6 Å². The molecule has 10 N–H and O–H groups in total. The minimum Gasteiger partial charge on any atom is -0.480 e. The molecule has 26 heavy (non-hydrogen) atoms. The smallest absolute Gasteiger partial charge is 0.322 e. The number of carboxylic acid groups (broad SMARTS) is 1. The Morgan fingerprint density at radius 1 is 1.04 bits per heavy atom. The predicted molar refractivity (Wildman–Crippen MR) is 85.1 cm³/mol. The van der Waals surface area contributed by atoms with E-state index in [1.165, 1.54) is 6.92 Å². The second kappa shape index (κ2) is 11.0. The molecule has 0 saturated carbocycles. The SMILES string of the molecule is CC(O)C(NC(=O)C(N)CO)C(=O)NC(CC(N)=O)C(=O)NCC(=O)O. The fraction of sp³-hybridized carbons (Fsp3) is 0.615. The van der Waals surface area contributed by atoms with Crippen LogP contribution < -0.4 is 27.4 Å². The van der Waals surface area contributed by atoms with Gasteiger partial charge in [0, 0.05) is 0 Å². The van der Waals surface area contributed by atoms with Crippen molar-refractivity contribution < 1.29 is 39.3 Å². The largest absolute Gasteiger partial charge is 0.480 e. The van der Waals surface area contributed by atoms with Crippen LogP contribution in [0.1, 0.15) is 13.3 Å². The fourth-order valence-corrected chi connectivity index (χ4v) is 1.71. The quantitative estimate of drug-likeness (QED) is 0.171. The third-order valence-electron chi connectivity index (χ3n) is 3.05. The number of carboxylic acids is 1. The summed E-state index contributed by atoms with van der Waals surface area (Å²) in [5.41, 5.74) is 10.3. The lowest BCUT2D eigenvalue weighted by Crippen LogP contribution is -2.59. The average Bonchev–Trinajstić information content (AvgIpc) is 2.54. The van der Waals surface area contributed by atoms with Crippen LogP contribution in [0, 0.1) is 0 Å². The van der Waals surface area contributed by atoms with Gasteiger partial charge in [-0.1, -0.05) is 0 Å². The number of aliphatic carboxylic acids is 1. The molecule has 0 aromatic rings. The van der Waals surface area contributed by atoms with Gasteiger partial charge in [-0.15, -0.1) is 0 Å². The van der Waals surface area contributed by atoms with Gasteiger partial charge in [0.15, 0.2) is 0 Å². The molecule has 0 aliphatic carbocycles. The molecule has 13 nitrogen and oxygen atoms in total. The Balaban J connectivity index is 5.15. The second-order valence-electron chi connectivity index (χ2n) is 5.36. The van der Waals surface area contributed by atoms with Gasteiger partial charge in [0.1, 0.15) is 24.7 Å². The van der Waals surface area contributed by atoms with E-state index >= 15 is 0 Å². The third-order valence-corrected chi connectivity index (χ3v) is 3.05. The molecule has 13 heteroatoms. The summed E-state index contributed by atoms with van der Waals surface area (Å²) in [7, 11) is 0. The van der Waals surface area contributed by atoms with Crippen molar-refractivity contribution in [3.63, 3.8) is 0 Å². The highest BCUT2D eigenvalue weighted by molar-refractivity contribution is 5.95. The zero-order chi connectivity index (χ0) is 20.4. The first-order valence-corrected chi connectivity index (χ1v) is 7.42. The lowest BCUT2D eigenvalue weighted by atomic mass is 10.1. The van der Waals surface area contributed by atoms with Crippen LogP contribution in [0.3, 0.4) is 0 Å². The van der Waals surface area contributed by atoms with Gasteiger partial charge in [0.05, 0.1) is 19.1 Å². The van der Waals surface area contributed by atoms with Crippen molar-refractivity contribution in [3.8, 4) is 0 Å². The van der Waals surface area contributed by atoms with Crippen LogP contribution in [-0.4, -0.2) is 82.3 Å². The Morgan fingerprint density at radius 2 is 1.62 bits per heavy atom. The second-order valence-corrected chi connectivity index (χ2v) is 5.36. The standard InChI is InChI=1S/C13H23N5O8/c1-5(20)10(18-11(24)6(14)4-19)13(26)17-7(2-8(15)21)12(25)16-3-9(22)23/h5-7,10,19-20H,2-4,14H2,1H3,(H2,15,21)(H,16,25)(H,17,26)(H,18,24)(H,22,23). The number of primary amides is 1. The maximum absolute atomic E-state index is 12.2. The predicted octanol–water partition coefficient (Wildman–Crippen LogP) is -5.27. The number of carbonyl (C=O) groups is 5. The number of aliphatic hydroxyl groups is 2. The number of amides is 4. The van der Waals surface area contributed by atoms with Crippen LogP contribution >= 0.6 is 0 Å². The number of hydrogen-bond acceptors (Lipinski definition) is 8. The molecular weight excluding hydrogens is 354 g/mol. The molecule has 148 valence electrons. The molecular formula is C13H23N5O8. The van der Waals surface area contributed by atoms with E-state index in [0.29, 0.717) is 0 Å². The zero-order valence-corrected chi connectivity index (χ0v) is 14.0. The maximum Gasteiger partial charge on any atom is 0.322 e. The molecule has 0 aromatic carbocycles. The van der Waals surface area contributed by atoms with Gasteiger partial charge >= 0.3 is 5.97 Å². The molecule has 4 amide bonds. The Hall–Kier alpha value is -2.77. The molecule has 0 fully saturated rings. The highest BCUT2D eigenvalue weighted by atomic mass is 16.4. The Morgan fingerprint density at radius 3 is 2.04 bits per heavy atom. The molecule has 0 bridgehead atoms. The van der Waals surface area contributed by atoms with Crippen molar-refractivity contribution >= 4 is 29.6 Å². The lowest BCUT2D eigenvalue weighted by Gasteiger charge is -2.24. The van der Waals surface area contributed by atoms with Gasteiger partial charge in [-0.25, -0.2) is 0 Å². The van der Waals surface area contributed by atoms with Gasteiger partial charge in [-0.2, -0.15) is 0 Å². The minimum atomic E-state index is -1.55. The maximum atomic E-state index is 12.2. The van der Waals surface area contributed by atoms with Crippen molar-refractivity contribution in [3.05, 3.63) is 0 Å². The van der Waals surface area contributed by atoms with Gasteiger partial charge < -0.3 is 42.7 Å². The Kier molecular flexibility index (Phi) is 9.80. The number of nitrogens with two attached hydrogens (primary N) is 2. The normalized spacial score (nSPS) is 15.1. The van der Waals surface area contributed by atoms with Gasteiger partial charge in [0.25, 0.3) is 0 Å². The van der Waals surface area contributed by atoms with Crippen molar-refractivity contribution in [1.29, 1.82) is 0 Å². The van der Waals surface area contributed by atoms with Crippen LogP contribution in [0.4, 0.5) is 0 Å². The van der Waals surface area contributed by atoms with Crippen LogP contribution in [0.25, 0.3) is 0 Å². The van der Waals surface area contributed by atoms with Crippen molar-refractivity contribution in [1.82, 2.24) is 16.0 Å². The van der Waals surface area contributed by atoms with Gasteiger partial charge in [0.2, 0.25) is 23.6 Å². The van der Waals surface area contributed by atoms with Crippen molar-refractivity contribution in [2.24, 2.45) is 11.5 Å². The summed E-state index contributed by atoms with van der Waals surface area (Å²) in [5.74, 6) is -5.29. The van der Waals surface area contributed by atoms with E-state index in [-0.39, 0.29) is 0 Å². The minimum absolute atomic E-state index is 0.645. The molecule has 4 atom stereocenters. The highest BCUT2D eigenvalue weighted by Crippen LogP contribution is 1.99. The van der Waals surface area contributed by atoms with Crippen LogP contribution in [0.5, 0.6) is 0 Å². The summed E-state index contributed by atoms with van der Waals surface area (Å²) >= 11 is 0. The first kappa shape index (κ1) is 23.2. The molecule has 0 spiro atoms. The van der Waals surface area contributed by atoms with E-state index in [1.54, 1.807) is 0 Å².